The maximum Gasteiger partial charge on any atom is 0.242 e. The van der Waals surface area contributed by atoms with Gasteiger partial charge in [0.05, 0.1) is 6.04 Å². The van der Waals surface area contributed by atoms with E-state index in [1.54, 1.807) is 25.3 Å². The molecular formula is C17H23ClN4O2. The van der Waals surface area contributed by atoms with E-state index < -0.39 is 0 Å². The van der Waals surface area contributed by atoms with Gasteiger partial charge in [-0.25, -0.2) is 4.98 Å². The fourth-order valence-electron chi connectivity index (χ4n) is 2.48. The van der Waals surface area contributed by atoms with Crippen LogP contribution in [0.2, 0.25) is 5.15 Å². The number of aromatic nitrogens is 2. The third kappa shape index (κ3) is 5.32. The Hall–Kier alpha value is -1.92. The molecule has 2 rings (SSSR count). The number of nitrogens with one attached hydrogen (secondary N) is 1. The molecule has 2 aromatic heterocycles. The highest BCUT2D eigenvalue weighted by Crippen LogP contribution is 2.15. The smallest absolute Gasteiger partial charge is 0.242 e. The molecule has 0 aliphatic heterocycles. The number of anilines is 1. The molecule has 0 aromatic carbocycles. The molecule has 1 atom stereocenters. The summed E-state index contributed by atoms with van der Waals surface area (Å²) >= 11 is 5.82. The maximum absolute atomic E-state index is 12.6. The topological polar surface area (TPSA) is 71.3 Å². The number of rotatable bonds is 8. The van der Waals surface area contributed by atoms with Gasteiger partial charge in [-0.2, -0.15) is 0 Å². The zero-order valence-electron chi connectivity index (χ0n) is 14.3. The monoisotopic (exact) mass is 350 g/mol. The van der Waals surface area contributed by atoms with E-state index >= 15 is 0 Å². The lowest BCUT2D eigenvalue weighted by Gasteiger charge is -2.26. The summed E-state index contributed by atoms with van der Waals surface area (Å²) in [4.78, 5) is 18.7. The van der Waals surface area contributed by atoms with Gasteiger partial charge in [0.25, 0.3) is 0 Å². The number of hydrogen-bond donors (Lipinski definition) is 1. The normalized spacial score (nSPS) is 12.4. The van der Waals surface area contributed by atoms with Gasteiger partial charge in [0.2, 0.25) is 5.91 Å². The van der Waals surface area contributed by atoms with Crippen molar-refractivity contribution >= 4 is 23.3 Å². The van der Waals surface area contributed by atoms with E-state index in [0.717, 1.165) is 24.8 Å². The largest absolute Gasteiger partial charge is 0.360 e. The van der Waals surface area contributed by atoms with Crippen LogP contribution in [-0.2, 0) is 11.3 Å². The average molecular weight is 351 g/mol. The first-order valence-corrected chi connectivity index (χ1v) is 8.42. The third-order valence-corrected chi connectivity index (χ3v) is 3.99. The standard InChI is InChI=1S/C17H23ClN4O2/c1-4-5-6-14(17(23)20-16-9-12(2)24-21-16)22(3)11-13-7-8-15(18)19-10-13/h7-10,14H,4-6,11H2,1-3H3,(H,20,21,23)/t14-/m0/s1. The van der Waals surface area contributed by atoms with Crippen LogP contribution < -0.4 is 5.32 Å². The third-order valence-electron chi connectivity index (χ3n) is 3.77. The summed E-state index contributed by atoms with van der Waals surface area (Å²) in [5, 5.41) is 7.11. The molecule has 1 N–H and O–H groups in total. The number of likely N-dealkylation sites (N-methyl/N-ethyl adjacent to an activating group) is 1. The molecule has 7 heteroatoms. The molecule has 24 heavy (non-hydrogen) atoms. The highest BCUT2D eigenvalue weighted by atomic mass is 35.5. The summed E-state index contributed by atoms with van der Waals surface area (Å²) in [6.45, 7) is 4.51. The molecule has 6 nitrogen and oxygen atoms in total. The van der Waals surface area contributed by atoms with Crippen molar-refractivity contribution in [2.24, 2.45) is 0 Å². The predicted octanol–water partition coefficient (Wildman–Crippen LogP) is 3.66. The maximum atomic E-state index is 12.6. The van der Waals surface area contributed by atoms with Crippen molar-refractivity contribution in [3.63, 3.8) is 0 Å². The Kier molecular flexibility index (Phi) is 6.75. The minimum absolute atomic E-state index is 0.0822. The van der Waals surface area contributed by atoms with Crippen molar-refractivity contribution in [2.45, 2.75) is 45.7 Å². The molecule has 0 radical (unpaired) electrons. The minimum Gasteiger partial charge on any atom is -0.360 e. The Morgan fingerprint density at radius 1 is 1.46 bits per heavy atom. The summed E-state index contributed by atoms with van der Waals surface area (Å²) in [5.41, 5.74) is 1.01. The van der Waals surface area contributed by atoms with Gasteiger partial charge in [0.1, 0.15) is 10.9 Å². The van der Waals surface area contributed by atoms with Crippen molar-refractivity contribution in [3.05, 3.63) is 40.9 Å². The van der Waals surface area contributed by atoms with Gasteiger partial charge < -0.3 is 9.84 Å². The fraction of sp³-hybridized carbons (Fsp3) is 0.471. The Morgan fingerprint density at radius 2 is 2.25 bits per heavy atom. The molecule has 130 valence electrons. The molecule has 2 aromatic rings. The second-order valence-electron chi connectivity index (χ2n) is 5.87. The van der Waals surface area contributed by atoms with Crippen molar-refractivity contribution in [3.8, 4) is 0 Å². The second-order valence-corrected chi connectivity index (χ2v) is 6.26. The molecule has 0 bridgehead atoms. The molecule has 0 spiro atoms. The Balaban J connectivity index is 2.04. The van der Waals surface area contributed by atoms with Gasteiger partial charge >= 0.3 is 0 Å². The van der Waals surface area contributed by atoms with Crippen molar-refractivity contribution < 1.29 is 9.32 Å². The van der Waals surface area contributed by atoms with E-state index in [4.69, 9.17) is 16.1 Å². The highest BCUT2D eigenvalue weighted by molar-refractivity contribution is 6.29. The molecule has 1 amide bonds. The number of pyridine rings is 1. The molecule has 0 fully saturated rings. The van der Waals surface area contributed by atoms with E-state index in [1.807, 2.05) is 18.0 Å². The number of unbranched alkanes of at least 4 members (excludes halogenated alkanes) is 1. The lowest BCUT2D eigenvalue weighted by atomic mass is 10.1. The van der Waals surface area contributed by atoms with Gasteiger partial charge in [-0.1, -0.05) is 42.6 Å². The van der Waals surface area contributed by atoms with E-state index in [0.29, 0.717) is 23.3 Å². The summed E-state index contributed by atoms with van der Waals surface area (Å²) in [7, 11) is 1.93. The number of carbonyl (C=O) groups is 1. The number of carbonyl (C=O) groups excluding carboxylic acids is 1. The molecule has 0 aliphatic rings. The fourth-order valence-corrected chi connectivity index (χ4v) is 2.59. The van der Waals surface area contributed by atoms with E-state index in [1.165, 1.54) is 0 Å². The molecule has 0 unspecified atom stereocenters. The van der Waals surface area contributed by atoms with Crippen LogP contribution in [0.15, 0.2) is 28.9 Å². The van der Waals surface area contributed by atoms with E-state index in [9.17, 15) is 4.79 Å². The minimum atomic E-state index is -0.252. The van der Waals surface area contributed by atoms with Gasteiger partial charge in [0, 0.05) is 18.8 Å². The lowest BCUT2D eigenvalue weighted by Crippen LogP contribution is -2.41. The highest BCUT2D eigenvalue weighted by Gasteiger charge is 2.23. The van der Waals surface area contributed by atoms with Crippen LogP contribution in [0.5, 0.6) is 0 Å². The van der Waals surface area contributed by atoms with E-state index in [2.05, 4.69) is 22.4 Å². The number of aryl methyl sites for hydroxylation is 1. The lowest BCUT2D eigenvalue weighted by molar-refractivity contribution is -0.121. The van der Waals surface area contributed by atoms with Crippen molar-refractivity contribution in [1.82, 2.24) is 15.0 Å². The van der Waals surface area contributed by atoms with Crippen LogP contribution in [0.4, 0.5) is 5.82 Å². The average Bonchev–Trinajstić information content (AvgIpc) is 2.95. The number of amides is 1. The number of nitrogens with zero attached hydrogens (tertiary/aromatic N) is 3. The van der Waals surface area contributed by atoms with Crippen molar-refractivity contribution in [1.29, 1.82) is 0 Å². The van der Waals surface area contributed by atoms with Crippen molar-refractivity contribution in [2.75, 3.05) is 12.4 Å². The van der Waals surface area contributed by atoms with Crippen LogP contribution in [0.1, 0.15) is 37.5 Å². The van der Waals surface area contributed by atoms with Crippen LogP contribution in [0, 0.1) is 6.92 Å². The van der Waals surface area contributed by atoms with Crippen LogP contribution in [0.25, 0.3) is 0 Å². The first kappa shape index (κ1) is 18.4. The van der Waals surface area contributed by atoms with Gasteiger partial charge in [-0.15, -0.1) is 0 Å². The summed E-state index contributed by atoms with van der Waals surface area (Å²) in [6, 6.07) is 5.13. The van der Waals surface area contributed by atoms with Crippen LogP contribution in [-0.4, -0.2) is 34.0 Å². The molecule has 0 saturated heterocycles. The molecular weight excluding hydrogens is 328 g/mol. The quantitative estimate of drug-likeness (QED) is 0.735. The summed E-state index contributed by atoms with van der Waals surface area (Å²) in [6.07, 6.45) is 4.51. The zero-order valence-corrected chi connectivity index (χ0v) is 15.0. The van der Waals surface area contributed by atoms with Gasteiger partial charge in [-0.3, -0.25) is 9.69 Å². The molecule has 2 heterocycles. The number of hydrogen-bond acceptors (Lipinski definition) is 5. The summed E-state index contributed by atoms with van der Waals surface area (Å²) < 4.78 is 4.99. The zero-order chi connectivity index (χ0) is 17.5. The number of halogens is 1. The first-order chi connectivity index (χ1) is 11.5. The molecule has 0 aliphatic carbocycles. The molecule has 0 saturated carbocycles. The predicted molar refractivity (Wildman–Crippen MR) is 93.9 cm³/mol. The van der Waals surface area contributed by atoms with Crippen LogP contribution in [0.3, 0.4) is 0 Å². The summed E-state index contributed by atoms with van der Waals surface area (Å²) in [5.74, 6) is 1.03. The van der Waals surface area contributed by atoms with Gasteiger partial charge in [-0.05, 0) is 32.0 Å². The van der Waals surface area contributed by atoms with E-state index in [-0.39, 0.29) is 11.9 Å². The Bertz CT molecular complexity index is 657. The van der Waals surface area contributed by atoms with Crippen LogP contribution >= 0.6 is 11.6 Å². The Morgan fingerprint density at radius 3 is 2.83 bits per heavy atom. The second kappa shape index (κ2) is 8.80. The first-order valence-electron chi connectivity index (χ1n) is 8.04. The van der Waals surface area contributed by atoms with Gasteiger partial charge in [0.15, 0.2) is 5.82 Å². The Labute approximate surface area is 147 Å². The SMILES string of the molecule is CCCC[C@@H](C(=O)Nc1cc(C)on1)N(C)Cc1ccc(Cl)nc1.